The number of nitrogen functional groups attached to an aromatic ring is 1. The largest absolute Gasteiger partial charge is 0.355 e. The third kappa shape index (κ3) is 3.59. The van der Waals surface area contributed by atoms with E-state index in [-0.39, 0.29) is 0 Å². The molecule has 2 aromatic rings. The molecule has 0 saturated heterocycles. The van der Waals surface area contributed by atoms with Crippen LogP contribution in [0.3, 0.4) is 0 Å². The molecule has 0 aliphatic carbocycles. The number of nitrogens with zero attached hydrogens (tertiary/aromatic N) is 3. The van der Waals surface area contributed by atoms with Gasteiger partial charge in [-0.3, -0.25) is 0 Å². The first-order valence-corrected chi connectivity index (χ1v) is 6.80. The molecule has 6 heteroatoms. The van der Waals surface area contributed by atoms with E-state index in [2.05, 4.69) is 15.4 Å². The van der Waals surface area contributed by atoms with Crippen molar-refractivity contribution in [3.8, 4) is 0 Å². The molecule has 106 valence electrons. The van der Waals surface area contributed by atoms with Crippen molar-refractivity contribution in [2.45, 2.75) is 19.9 Å². The number of hydrazine groups is 1. The number of halogens is 1. The molecule has 0 unspecified atom stereocenters. The molecule has 0 aliphatic heterocycles. The molecular formula is C14H18ClN5. The summed E-state index contributed by atoms with van der Waals surface area (Å²) in [6.07, 6.45) is 0.761. The van der Waals surface area contributed by atoms with Gasteiger partial charge in [0.2, 0.25) is 0 Å². The second-order valence-corrected chi connectivity index (χ2v) is 4.94. The maximum Gasteiger partial charge on any atom is 0.145 e. The van der Waals surface area contributed by atoms with E-state index >= 15 is 0 Å². The number of nitrogens with two attached hydrogens (primary N) is 1. The minimum Gasteiger partial charge on any atom is -0.355 e. The van der Waals surface area contributed by atoms with Gasteiger partial charge in [-0.15, -0.1) is 0 Å². The van der Waals surface area contributed by atoms with Crippen molar-refractivity contribution in [2.75, 3.05) is 17.4 Å². The zero-order valence-electron chi connectivity index (χ0n) is 11.6. The van der Waals surface area contributed by atoms with E-state index < -0.39 is 0 Å². The van der Waals surface area contributed by atoms with Crippen LogP contribution < -0.4 is 16.2 Å². The lowest BCUT2D eigenvalue weighted by atomic mass is 10.2. The number of aryl methyl sites for hydroxylation is 1. The molecule has 0 bridgehead atoms. The normalized spacial score (nSPS) is 10.4. The molecule has 0 amide bonds. The number of aromatic nitrogens is 2. The molecule has 1 heterocycles. The van der Waals surface area contributed by atoms with E-state index in [1.165, 1.54) is 0 Å². The van der Waals surface area contributed by atoms with Gasteiger partial charge < -0.3 is 10.3 Å². The monoisotopic (exact) mass is 291 g/mol. The van der Waals surface area contributed by atoms with E-state index in [0.717, 1.165) is 35.2 Å². The molecule has 0 radical (unpaired) electrons. The first-order valence-electron chi connectivity index (χ1n) is 6.42. The van der Waals surface area contributed by atoms with Crippen LogP contribution in [0.2, 0.25) is 5.02 Å². The summed E-state index contributed by atoms with van der Waals surface area (Å²) in [7, 11) is 1.98. The Labute approximate surface area is 123 Å². The standard InChI is InChI=1S/C14H18ClN5/c1-3-12-17-13(19-16)8-14(18-12)20(2)9-10-4-6-11(15)7-5-10/h4-8H,3,9,16H2,1-2H3,(H,17,18,19). The van der Waals surface area contributed by atoms with E-state index in [0.29, 0.717) is 5.82 Å². The van der Waals surface area contributed by atoms with Gasteiger partial charge in [0.25, 0.3) is 0 Å². The van der Waals surface area contributed by atoms with Crippen LogP contribution in [0.15, 0.2) is 30.3 Å². The molecule has 20 heavy (non-hydrogen) atoms. The summed E-state index contributed by atoms with van der Waals surface area (Å²) in [6, 6.07) is 9.60. The van der Waals surface area contributed by atoms with E-state index in [4.69, 9.17) is 17.4 Å². The van der Waals surface area contributed by atoms with E-state index in [9.17, 15) is 0 Å². The van der Waals surface area contributed by atoms with Crippen LogP contribution in [0, 0.1) is 0 Å². The summed E-state index contributed by atoms with van der Waals surface area (Å²) in [6.45, 7) is 2.75. The first-order chi connectivity index (χ1) is 9.62. The lowest BCUT2D eigenvalue weighted by Crippen LogP contribution is -2.20. The molecule has 0 spiro atoms. The van der Waals surface area contributed by atoms with Crippen molar-refractivity contribution in [3.05, 3.63) is 46.7 Å². The van der Waals surface area contributed by atoms with Gasteiger partial charge in [-0.25, -0.2) is 15.8 Å². The van der Waals surface area contributed by atoms with Gasteiger partial charge in [-0.1, -0.05) is 30.7 Å². The maximum absolute atomic E-state index is 5.89. The minimum atomic E-state index is 0.620. The average molecular weight is 292 g/mol. The van der Waals surface area contributed by atoms with Gasteiger partial charge in [0, 0.05) is 31.1 Å². The highest BCUT2D eigenvalue weighted by Gasteiger charge is 2.08. The SMILES string of the molecule is CCc1nc(NN)cc(N(C)Cc2ccc(Cl)cc2)n1. The number of hydrogen-bond acceptors (Lipinski definition) is 5. The summed E-state index contributed by atoms with van der Waals surface area (Å²) in [5.74, 6) is 7.65. The fourth-order valence-corrected chi connectivity index (χ4v) is 1.98. The Hall–Kier alpha value is -1.85. The maximum atomic E-state index is 5.89. The molecule has 3 N–H and O–H groups in total. The minimum absolute atomic E-state index is 0.620. The van der Waals surface area contributed by atoms with Crippen molar-refractivity contribution < 1.29 is 0 Å². The molecule has 0 aliphatic rings. The van der Waals surface area contributed by atoms with Gasteiger partial charge in [0.05, 0.1) is 0 Å². The quantitative estimate of drug-likeness (QED) is 0.655. The Balaban J connectivity index is 2.19. The van der Waals surface area contributed by atoms with Crippen LogP contribution in [-0.2, 0) is 13.0 Å². The highest BCUT2D eigenvalue weighted by Crippen LogP contribution is 2.18. The molecular weight excluding hydrogens is 274 g/mol. The van der Waals surface area contributed by atoms with Crippen LogP contribution in [0.4, 0.5) is 11.6 Å². The van der Waals surface area contributed by atoms with Crippen molar-refractivity contribution in [1.82, 2.24) is 9.97 Å². The molecule has 1 aromatic carbocycles. The van der Waals surface area contributed by atoms with Crippen molar-refractivity contribution in [2.24, 2.45) is 5.84 Å². The fraction of sp³-hybridized carbons (Fsp3) is 0.286. The summed E-state index contributed by atoms with van der Waals surface area (Å²) in [5, 5.41) is 0.737. The Kier molecular flexibility index (Phi) is 4.76. The van der Waals surface area contributed by atoms with Gasteiger partial charge in [-0.05, 0) is 17.7 Å². The van der Waals surface area contributed by atoms with E-state index in [1.807, 2.05) is 49.2 Å². The highest BCUT2D eigenvalue weighted by atomic mass is 35.5. The number of hydrogen-bond donors (Lipinski definition) is 2. The third-order valence-electron chi connectivity index (χ3n) is 2.95. The number of rotatable bonds is 5. The summed E-state index contributed by atoms with van der Waals surface area (Å²) >= 11 is 5.89. The Bertz CT molecular complexity index is 548. The van der Waals surface area contributed by atoms with Crippen molar-refractivity contribution in [1.29, 1.82) is 0 Å². The fourth-order valence-electron chi connectivity index (χ4n) is 1.86. The van der Waals surface area contributed by atoms with Gasteiger partial charge in [0.1, 0.15) is 17.5 Å². The zero-order chi connectivity index (χ0) is 14.5. The zero-order valence-corrected chi connectivity index (χ0v) is 12.4. The molecule has 0 atom stereocenters. The Morgan fingerprint density at radius 1 is 1.25 bits per heavy atom. The first kappa shape index (κ1) is 14.6. The summed E-state index contributed by atoms with van der Waals surface area (Å²) < 4.78 is 0. The van der Waals surface area contributed by atoms with Crippen LogP contribution in [0.5, 0.6) is 0 Å². The number of benzene rings is 1. The highest BCUT2D eigenvalue weighted by molar-refractivity contribution is 6.30. The lowest BCUT2D eigenvalue weighted by Gasteiger charge is -2.19. The van der Waals surface area contributed by atoms with Crippen LogP contribution in [0.1, 0.15) is 18.3 Å². The number of nitrogens with one attached hydrogen (secondary N) is 1. The number of anilines is 2. The van der Waals surface area contributed by atoms with E-state index in [1.54, 1.807) is 0 Å². The topological polar surface area (TPSA) is 67.1 Å². The van der Waals surface area contributed by atoms with Crippen LogP contribution in [0.25, 0.3) is 0 Å². The summed E-state index contributed by atoms with van der Waals surface area (Å²) in [5.41, 5.74) is 3.74. The van der Waals surface area contributed by atoms with Gasteiger partial charge in [0.15, 0.2) is 0 Å². The van der Waals surface area contributed by atoms with Crippen LogP contribution >= 0.6 is 11.6 Å². The average Bonchev–Trinajstić information content (AvgIpc) is 2.48. The second kappa shape index (κ2) is 6.54. The third-order valence-corrected chi connectivity index (χ3v) is 3.20. The molecule has 0 fully saturated rings. The van der Waals surface area contributed by atoms with Gasteiger partial charge in [-0.2, -0.15) is 0 Å². The van der Waals surface area contributed by atoms with Gasteiger partial charge >= 0.3 is 0 Å². The molecule has 0 saturated carbocycles. The predicted molar refractivity (Wildman–Crippen MR) is 82.8 cm³/mol. The smallest absolute Gasteiger partial charge is 0.145 e. The molecule has 2 rings (SSSR count). The predicted octanol–water partition coefficient (Wildman–Crippen LogP) is 2.61. The molecule has 1 aromatic heterocycles. The second-order valence-electron chi connectivity index (χ2n) is 4.51. The Morgan fingerprint density at radius 3 is 2.55 bits per heavy atom. The Morgan fingerprint density at radius 2 is 1.95 bits per heavy atom. The van der Waals surface area contributed by atoms with Crippen LogP contribution in [-0.4, -0.2) is 17.0 Å². The van der Waals surface area contributed by atoms with Crippen molar-refractivity contribution >= 4 is 23.2 Å². The van der Waals surface area contributed by atoms with Crippen molar-refractivity contribution in [3.63, 3.8) is 0 Å². The molecule has 5 nitrogen and oxygen atoms in total. The summed E-state index contributed by atoms with van der Waals surface area (Å²) in [4.78, 5) is 10.8. The lowest BCUT2D eigenvalue weighted by molar-refractivity contribution is 0.859.